The normalized spacial score (nSPS) is 17.8. The summed E-state index contributed by atoms with van der Waals surface area (Å²) in [4.78, 5) is 32.3. The maximum atomic E-state index is 13.2. The molecule has 1 aromatic carbocycles. The van der Waals surface area contributed by atoms with E-state index in [4.69, 9.17) is 9.47 Å². The van der Waals surface area contributed by atoms with Crippen LogP contribution in [0.4, 0.5) is 0 Å². The SMILES string of the molecule is COCCCN1C(=O)C(=O)/C(=C(/O)c2nc3c(C)cccn3c2C)C1c1ccc(OC)cc1. The summed E-state index contributed by atoms with van der Waals surface area (Å²) < 4.78 is 12.2. The number of aryl methyl sites for hydroxylation is 2. The first-order valence-electron chi connectivity index (χ1n) is 10.7. The van der Waals surface area contributed by atoms with Crippen LogP contribution in [0.3, 0.4) is 0 Å². The van der Waals surface area contributed by atoms with E-state index >= 15 is 0 Å². The standard InChI is InChI=1S/C25H27N3O5/c1-15-7-5-12-27-16(2)20(26-24(15)27)22(29)19-21(17-8-10-18(33-4)11-9-17)28(13-6-14-32-3)25(31)23(19)30/h5,7-12,21,29H,6,13-14H2,1-4H3/b22-19+. The van der Waals surface area contributed by atoms with E-state index in [1.54, 1.807) is 38.5 Å². The number of hydrogen-bond donors (Lipinski definition) is 1. The third-order valence-electron chi connectivity index (χ3n) is 6.03. The Kier molecular flexibility index (Phi) is 6.20. The van der Waals surface area contributed by atoms with Crippen molar-refractivity contribution in [2.45, 2.75) is 26.3 Å². The van der Waals surface area contributed by atoms with Crippen LogP contribution in [0.15, 0.2) is 48.2 Å². The first kappa shape index (κ1) is 22.5. The van der Waals surface area contributed by atoms with Crippen LogP contribution in [-0.2, 0) is 14.3 Å². The van der Waals surface area contributed by atoms with Crippen LogP contribution in [0, 0.1) is 13.8 Å². The first-order valence-corrected chi connectivity index (χ1v) is 10.7. The average molecular weight is 450 g/mol. The Hall–Kier alpha value is -3.65. The molecule has 4 rings (SSSR count). The van der Waals surface area contributed by atoms with E-state index in [0.717, 1.165) is 5.56 Å². The molecule has 2 aromatic heterocycles. The number of aromatic nitrogens is 2. The lowest BCUT2D eigenvalue weighted by Crippen LogP contribution is -2.31. The van der Waals surface area contributed by atoms with Gasteiger partial charge in [-0.05, 0) is 49.6 Å². The predicted octanol–water partition coefficient (Wildman–Crippen LogP) is 3.42. The van der Waals surface area contributed by atoms with Gasteiger partial charge in [0.05, 0.1) is 24.4 Å². The second kappa shape index (κ2) is 9.07. The van der Waals surface area contributed by atoms with Crippen molar-refractivity contribution in [2.75, 3.05) is 27.4 Å². The highest BCUT2D eigenvalue weighted by Gasteiger charge is 2.46. The van der Waals surface area contributed by atoms with Gasteiger partial charge in [0.25, 0.3) is 11.7 Å². The number of ketones is 1. The number of ether oxygens (including phenoxy) is 2. The zero-order chi connectivity index (χ0) is 23.7. The van der Waals surface area contributed by atoms with Gasteiger partial charge in [-0.25, -0.2) is 4.98 Å². The lowest BCUT2D eigenvalue weighted by atomic mass is 9.96. The Bertz CT molecular complexity index is 1240. The van der Waals surface area contributed by atoms with E-state index in [1.165, 1.54) is 4.90 Å². The average Bonchev–Trinajstić information content (AvgIpc) is 3.29. The minimum atomic E-state index is -0.738. The Morgan fingerprint density at radius 1 is 1.12 bits per heavy atom. The molecule has 0 saturated carbocycles. The summed E-state index contributed by atoms with van der Waals surface area (Å²) in [5, 5.41) is 11.4. The minimum absolute atomic E-state index is 0.0340. The highest BCUT2D eigenvalue weighted by atomic mass is 16.5. The summed E-state index contributed by atoms with van der Waals surface area (Å²) in [5.41, 5.74) is 3.33. The Balaban J connectivity index is 1.88. The number of methoxy groups -OCH3 is 2. The van der Waals surface area contributed by atoms with Gasteiger partial charge >= 0.3 is 0 Å². The van der Waals surface area contributed by atoms with Crippen molar-refractivity contribution in [1.82, 2.24) is 14.3 Å². The molecule has 1 saturated heterocycles. The molecule has 33 heavy (non-hydrogen) atoms. The summed E-state index contributed by atoms with van der Waals surface area (Å²) in [6, 6.07) is 10.2. The number of pyridine rings is 1. The summed E-state index contributed by atoms with van der Waals surface area (Å²) in [7, 11) is 3.16. The molecule has 1 aliphatic rings. The molecule has 172 valence electrons. The van der Waals surface area contributed by atoms with Gasteiger partial charge in [-0.1, -0.05) is 18.2 Å². The van der Waals surface area contributed by atoms with Crippen LogP contribution in [0.2, 0.25) is 0 Å². The Morgan fingerprint density at radius 2 is 1.85 bits per heavy atom. The molecule has 1 amide bonds. The number of carbonyl (C=O) groups is 2. The number of carbonyl (C=O) groups excluding carboxylic acids is 2. The van der Waals surface area contributed by atoms with Gasteiger partial charge in [0, 0.05) is 26.5 Å². The third-order valence-corrected chi connectivity index (χ3v) is 6.03. The van der Waals surface area contributed by atoms with Crippen LogP contribution >= 0.6 is 0 Å². The molecule has 1 fully saturated rings. The molecule has 0 spiro atoms. The number of imidazole rings is 1. The molecule has 0 radical (unpaired) electrons. The van der Waals surface area contributed by atoms with E-state index in [9.17, 15) is 14.7 Å². The topological polar surface area (TPSA) is 93.4 Å². The van der Waals surface area contributed by atoms with Gasteiger partial charge in [0.2, 0.25) is 0 Å². The highest BCUT2D eigenvalue weighted by Crippen LogP contribution is 2.40. The largest absolute Gasteiger partial charge is 0.505 e. The van der Waals surface area contributed by atoms with Crippen molar-refractivity contribution in [1.29, 1.82) is 0 Å². The monoisotopic (exact) mass is 449 g/mol. The second-order valence-electron chi connectivity index (χ2n) is 8.04. The number of rotatable bonds is 7. The van der Waals surface area contributed by atoms with E-state index in [0.29, 0.717) is 42.2 Å². The highest BCUT2D eigenvalue weighted by molar-refractivity contribution is 6.46. The second-order valence-corrected chi connectivity index (χ2v) is 8.04. The van der Waals surface area contributed by atoms with Crippen molar-refractivity contribution >= 4 is 23.1 Å². The molecule has 8 heteroatoms. The number of hydrogen-bond acceptors (Lipinski definition) is 6. The molecule has 1 atom stereocenters. The molecule has 3 aromatic rings. The maximum absolute atomic E-state index is 13.2. The molecule has 3 heterocycles. The van der Waals surface area contributed by atoms with Gasteiger partial charge in [-0.2, -0.15) is 0 Å². The van der Waals surface area contributed by atoms with Crippen LogP contribution < -0.4 is 4.74 Å². The molecule has 0 bridgehead atoms. The Labute approximate surface area is 192 Å². The summed E-state index contributed by atoms with van der Waals surface area (Å²) in [6.45, 7) is 4.52. The number of benzene rings is 1. The van der Waals surface area contributed by atoms with Crippen molar-refractivity contribution in [3.63, 3.8) is 0 Å². The van der Waals surface area contributed by atoms with E-state index in [2.05, 4.69) is 4.98 Å². The van der Waals surface area contributed by atoms with Crippen LogP contribution in [0.1, 0.15) is 35.0 Å². The van der Waals surface area contributed by atoms with Gasteiger partial charge in [0.1, 0.15) is 17.1 Å². The lowest BCUT2D eigenvalue weighted by molar-refractivity contribution is -0.140. The summed E-state index contributed by atoms with van der Waals surface area (Å²) in [6.07, 6.45) is 2.41. The lowest BCUT2D eigenvalue weighted by Gasteiger charge is -2.25. The number of aliphatic hydroxyl groups is 1. The molecule has 1 unspecified atom stereocenters. The molecule has 1 aliphatic heterocycles. The molecular weight excluding hydrogens is 422 g/mol. The van der Waals surface area contributed by atoms with Crippen molar-refractivity contribution in [3.8, 4) is 5.75 Å². The third kappa shape index (κ3) is 3.87. The van der Waals surface area contributed by atoms with E-state index in [-0.39, 0.29) is 17.0 Å². The van der Waals surface area contributed by atoms with Crippen LogP contribution in [0.5, 0.6) is 5.75 Å². The summed E-state index contributed by atoms with van der Waals surface area (Å²) >= 11 is 0. The van der Waals surface area contributed by atoms with Crippen LogP contribution in [-0.4, -0.2) is 58.5 Å². The zero-order valence-corrected chi connectivity index (χ0v) is 19.2. The maximum Gasteiger partial charge on any atom is 0.295 e. The fourth-order valence-corrected chi connectivity index (χ4v) is 4.30. The smallest absolute Gasteiger partial charge is 0.295 e. The minimum Gasteiger partial charge on any atom is -0.505 e. The predicted molar refractivity (Wildman–Crippen MR) is 123 cm³/mol. The number of amides is 1. The van der Waals surface area contributed by atoms with Gasteiger partial charge < -0.3 is 23.9 Å². The number of likely N-dealkylation sites (tertiary alicyclic amines) is 1. The van der Waals surface area contributed by atoms with Gasteiger partial charge in [0.15, 0.2) is 5.76 Å². The number of nitrogens with zero attached hydrogens (tertiary/aromatic N) is 3. The van der Waals surface area contributed by atoms with Crippen molar-refractivity contribution in [2.24, 2.45) is 0 Å². The summed E-state index contributed by atoms with van der Waals surface area (Å²) in [5.74, 6) is -0.990. The quantitative estimate of drug-likeness (QED) is 0.257. The van der Waals surface area contributed by atoms with Crippen molar-refractivity contribution in [3.05, 3.63) is 70.7 Å². The van der Waals surface area contributed by atoms with Gasteiger partial charge in [-0.15, -0.1) is 0 Å². The fraction of sp³-hybridized carbons (Fsp3) is 0.320. The van der Waals surface area contributed by atoms with E-state index in [1.807, 2.05) is 36.6 Å². The zero-order valence-electron chi connectivity index (χ0n) is 19.2. The van der Waals surface area contributed by atoms with Crippen molar-refractivity contribution < 1.29 is 24.2 Å². The first-order chi connectivity index (χ1) is 15.9. The van der Waals surface area contributed by atoms with E-state index < -0.39 is 17.7 Å². The number of aliphatic hydroxyl groups excluding tert-OH is 1. The molecule has 1 N–H and O–H groups in total. The number of Topliss-reactive ketones (excluding diaryl/α,β-unsaturated/α-hetero) is 1. The molecule has 0 aliphatic carbocycles. The molecule has 8 nitrogen and oxygen atoms in total. The Morgan fingerprint density at radius 3 is 2.48 bits per heavy atom. The van der Waals surface area contributed by atoms with Gasteiger partial charge in [-0.3, -0.25) is 9.59 Å². The fourth-order valence-electron chi connectivity index (χ4n) is 4.30. The molecular formula is C25H27N3O5. The number of fused-ring (bicyclic) bond motifs is 1. The van der Waals surface area contributed by atoms with Crippen LogP contribution in [0.25, 0.3) is 11.4 Å².